The Morgan fingerprint density at radius 2 is 2.11 bits per heavy atom. The molecule has 1 aliphatic rings. The van der Waals surface area contributed by atoms with Crippen molar-refractivity contribution in [2.24, 2.45) is 0 Å². The molecule has 8 heteroatoms. The summed E-state index contributed by atoms with van der Waals surface area (Å²) in [5.41, 5.74) is 3.68. The van der Waals surface area contributed by atoms with Crippen LogP contribution in [0.2, 0.25) is 10.0 Å². The lowest BCUT2D eigenvalue weighted by molar-refractivity contribution is 0.102. The van der Waals surface area contributed by atoms with Crippen LogP contribution in [0.4, 0.5) is 5.69 Å². The summed E-state index contributed by atoms with van der Waals surface area (Å²) in [5, 5.41) is 11.4. The van der Waals surface area contributed by atoms with Crippen LogP contribution in [0.3, 0.4) is 0 Å². The van der Waals surface area contributed by atoms with Gasteiger partial charge in [0.05, 0.1) is 23.1 Å². The van der Waals surface area contributed by atoms with Gasteiger partial charge >= 0.3 is 0 Å². The van der Waals surface area contributed by atoms with E-state index in [1.165, 1.54) is 11.1 Å². The Hall–Kier alpha value is -2.54. The maximum absolute atomic E-state index is 12.5. The van der Waals surface area contributed by atoms with Crippen LogP contribution in [0, 0.1) is 0 Å². The summed E-state index contributed by atoms with van der Waals surface area (Å²) < 4.78 is 7.20. The van der Waals surface area contributed by atoms with Gasteiger partial charge in [0.1, 0.15) is 5.75 Å². The minimum Gasteiger partial charge on any atom is -0.470 e. The van der Waals surface area contributed by atoms with Gasteiger partial charge in [0, 0.05) is 23.2 Å². The van der Waals surface area contributed by atoms with E-state index in [0.717, 1.165) is 19.5 Å². The van der Waals surface area contributed by atoms with Gasteiger partial charge in [-0.1, -0.05) is 29.3 Å². The molecule has 1 aromatic heterocycles. The minimum absolute atomic E-state index is 0.141. The highest BCUT2D eigenvalue weighted by Crippen LogP contribution is 2.28. The zero-order valence-electron chi connectivity index (χ0n) is 14.9. The van der Waals surface area contributed by atoms with E-state index in [-0.39, 0.29) is 12.6 Å². The fourth-order valence-corrected chi connectivity index (χ4v) is 3.38. The van der Waals surface area contributed by atoms with Crippen LogP contribution < -0.4 is 15.4 Å². The van der Waals surface area contributed by atoms with Gasteiger partial charge in [-0.3, -0.25) is 4.79 Å². The Morgan fingerprint density at radius 1 is 1.21 bits per heavy atom. The fraction of sp³-hybridized carbons (Fsp3) is 0.200. The first-order chi connectivity index (χ1) is 13.6. The lowest BCUT2D eigenvalue weighted by Crippen LogP contribution is -2.24. The Bertz CT molecular complexity index is 1020. The third-order valence-corrected chi connectivity index (χ3v) is 5.04. The number of benzene rings is 2. The molecule has 0 radical (unpaired) electrons. The summed E-state index contributed by atoms with van der Waals surface area (Å²) in [6.45, 7) is 1.92. The molecule has 4 rings (SSSR count). The Morgan fingerprint density at radius 3 is 3.00 bits per heavy atom. The molecule has 28 heavy (non-hydrogen) atoms. The summed E-state index contributed by atoms with van der Waals surface area (Å²) in [6, 6.07) is 10.8. The van der Waals surface area contributed by atoms with Crippen LogP contribution in [0.1, 0.15) is 21.5 Å². The van der Waals surface area contributed by atoms with Crippen LogP contribution in [-0.4, -0.2) is 22.2 Å². The normalized spacial score (nSPS) is 13.1. The standard InChI is InChI=1S/C20H18Cl2N4O2/c21-16-3-4-18(22)19(8-16)28-12-26-11-17(10-24-26)25-20(27)14-1-2-15-9-23-6-5-13(15)7-14/h1-4,7-8,10-11,23H,5-6,9,12H2,(H,25,27). The molecule has 144 valence electrons. The van der Waals surface area contributed by atoms with E-state index in [4.69, 9.17) is 27.9 Å². The maximum atomic E-state index is 12.5. The first kappa shape index (κ1) is 18.8. The van der Waals surface area contributed by atoms with Gasteiger partial charge < -0.3 is 15.4 Å². The molecule has 2 N–H and O–H groups in total. The van der Waals surface area contributed by atoms with E-state index in [1.807, 2.05) is 18.2 Å². The molecule has 0 spiro atoms. The van der Waals surface area contributed by atoms with Gasteiger partial charge in [-0.05, 0) is 48.4 Å². The van der Waals surface area contributed by atoms with Crippen LogP contribution in [0.5, 0.6) is 5.75 Å². The van der Waals surface area contributed by atoms with Gasteiger partial charge in [-0.2, -0.15) is 5.10 Å². The molecular weight excluding hydrogens is 399 g/mol. The number of nitrogens with one attached hydrogen (secondary N) is 2. The van der Waals surface area contributed by atoms with Crippen molar-refractivity contribution in [2.45, 2.75) is 19.7 Å². The van der Waals surface area contributed by atoms with Crippen molar-refractivity contribution in [1.29, 1.82) is 0 Å². The second-order valence-corrected chi connectivity index (χ2v) is 7.32. The van der Waals surface area contributed by atoms with Crippen LogP contribution in [0.25, 0.3) is 0 Å². The third-order valence-electron chi connectivity index (χ3n) is 4.49. The summed E-state index contributed by atoms with van der Waals surface area (Å²) in [5.74, 6) is 0.304. The smallest absolute Gasteiger partial charge is 0.255 e. The molecule has 0 fully saturated rings. The maximum Gasteiger partial charge on any atom is 0.255 e. The summed E-state index contributed by atoms with van der Waals surface area (Å²) >= 11 is 12.0. The summed E-state index contributed by atoms with van der Waals surface area (Å²) in [7, 11) is 0. The Labute approximate surface area is 172 Å². The average molecular weight is 417 g/mol. The molecule has 0 saturated heterocycles. The first-order valence-electron chi connectivity index (χ1n) is 8.83. The lowest BCUT2D eigenvalue weighted by Gasteiger charge is -2.17. The van der Waals surface area contributed by atoms with E-state index < -0.39 is 0 Å². The number of aromatic nitrogens is 2. The zero-order chi connectivity index (χ0) is 19.5. The van der Waals surface area contributed by atoms with Crippen molar-refractivity contribution < 1.29 is 9.53 Å². The monoisotopic (exact) mass is 416 g/mol. The van der Waals surface area contributed by atoms with Crippen molar-refractivity contribution in [3.63, 3.8) is 0 Å². The Balaban J connectivity index is 1.39. The van der Waals surface area contributed by atoms with Gasteiger partial charge in [0.15, 0.2) is 6.73 Å². The number of hydrogen-bond acceptors (Lipinski definition) is 4. The number of nitrogens with zero attached hydrogens (tertiary/aromatic N) is 2. The van der Waals surface area contributed by atoms with Crippen LogP contribution in [-0.2, 0) is 19.7 Å². The van der Waals surface area contributed by atoms with E-state index in [9.17, 15) is 4.79 Å². The number of anilines is 1. The predicted octanol–water partition coefficient (Wildman–Crippen LogP) is 4.12. The number of fused-ring (bicyclic) bond motifs is 1. The molecule has 3 aromatic rings. The van der Waals surface area contributed by atoms with Gasteiger partial charge in [-0.25, -0.2) is 4.68 Å². The highest BCUT2D eigenvalue weighted by atomic mass is 35.5. The molecule has 0 saturated carbocycles. The second-order valence-electron chi connectivity index (χ2n) is 6.48. The molecule has 0 unspecified atom stereocenters. The number of halogens is 2. The summed E-state index contributed by atoms with van der Waals surface area (Å²) in [4.78, 5) is 12.5. The molecule has 0 aliphatic carbocycles. The molecular formula is C20H18Cl2N4O2. The number of hydrogen-bond donors (Lipinski definition) is 2. The average Bonchev–Trinajstić information content (AvgIpc) is 3.15. The molecule has 0 atom stereocenters. The van der Waals surface area contributed by atoms with Crippen LogP contribution >= 0.6 is 23.2 Å². The molecule has 1 aliphatic heterocycles. The van der Waals surface area contributed by atoms with Gasteiger partial charge in [0.25, 0.3) is 5.91 Å². The van der Waals surface area contributed by atoms with E-state index >= 15 is 0 Å². The van der Waals surface area contributed by atoms with Crippen molar-refractivity contribution >= 4 is 34.8 Å². The SMILES string of the molecule is O=C(Nc1cnn(COc2cc(Cl)ccc2Cl)c1)c1ccc2c(c1)CCNC2. The number of carbonyl (C=O) groups is 1. The number of carbonyl (C=O) groups excluding carboxylic acids is 1. The van der Waals surface area contributed by atoms with E-state index in [0.29, 0.717) is 27.0 Å². The van der Waals surface area contributed by atoms with Gasteiger partial charge in [-0.15, -0.1) is 0 Å². The fourth-order valence-electron chi connectivity index (χ4n) is 3.04. The topological polar surface area (TPSA) is 68.2 Å². The highest BCUT2D eigenvalue weighted by Gasteiger charge is 2.13. The Kier molecular flexibility index (Phi) is 5.52. The van der Waals surface area contributed by atoms with Crippen molar-refractivity contribution in [3.8, 4) is 5.75 Å². The van der Waals surface area contributed by atoms with Gasteiger partial charge in [0.2, 0.25) is 0 Å². The quantitative estimate of drug-likeness (QED) is 0.655. The largest absolute Gasteiger partial charge is 0.470 e. The third kappa shape index (κ3) is 4.30. The first-order valence-corrected chi connectivity index (χ1v) is 9.58. The predicted molar refractivity (Wildman–Crippen MR) is 109 cm³/mol. The van der Waals surface area contributed by atoms with E-state index in [1.54, 1.807) is 35.3 Å². The van der Waals surface area contributed by atoms with E-state index in [2.05, 4.69) is 15.7 Å². The van der Waals surface area contributed by atoms with Crippen molar-refractivity contribution in [2.75, 3.05) is 11.9 Å². The lowest BCUT2D eigenvalue weighted by atomic mass is 9.98. The van der Waals surface area contributed by atoms with Crippen LogP contribution in [0.15, 0.2) is 48.8 Å². The zero-order valence-corrected chi connectivity index (χ0v) is 16.4. The molecule has 1 amide bonds. The molecule has 2 aromatic carbocycles. The number of ether oxygens (including phenoxy) is 1. The second kappa shape index (κ2) is 8.22. The highest BCUT2D eigenvalue weighted by molar-refractivity contribution is 6.34. The molecule has 2 heterocycles. The minimum atomic E-state index is -0.167. The molecule has 6 nitrogen and oxygen atoms in total. The van der Waals surface area contributed by atoms with Crippen molar-refractivity contribution in [3.05, 3.63) is 75.5 Å². The van der Waals surface area contributed by atoms with Crippen molar-refractivity contribution in [1.82, 2.24) is 15.1 Å². The number of rotatable bonds is 5. The number of amides is 1. The molecule has 0 bridgehead atoms. The summed E-state index contributed by atoms with van der Waals surface area (Å²) in [6.07, 6.45) is 4.19.